The Bertz CT molecular complexity index is 565. The van der Waals surface area contributed by atoms with Gasteiger partial charge in [0, 0.05) is 11.4 Å². The van der Waals surface area contributed by atoms with E-state index in [4.69, 9.17) is 5.73 Å². The second-order valence-electron chi connectivity index (χ2n) is 3.63. The van der Waals surface area contributed by atoms with Crippen LogP contribution in [0.5, 0.6) is 0 Å². The summed E-state index contributed by atoms with van der Waals surface area (Å²) in [5, 5.41) is 2.85. The smallest absolute Gasteiger partial charge is 0.265 e. The molecule has 0 saturated heterocycles. The molecule has 0 aliphatic heterocycles. The molecule has 2 aromatic rings. The Kier molecular flexibility index (Phi) is 3.49. The number of anilines is 2. The normalized spacial score (nSPS) is 10.2. The molecule has 0 saturated carbocycles. The summed E-state index contributed by atoms with van der Waals surface area (Å²) < 4.78 is 0.937. The summed E-state index contributed by atoms with van der Waals surface area (Å²) in [6, 6.07) is 9.09. The third kappa shape index (κ3) is 2.87. The summed E-state index contributed by atoms with van der Waals surface area (Å²) in [6.07, 6.45) is 0. The van der Waals surface area contributed by atoms with Gasteiger partial charge in [0.1, 0.15) is 0 Å². The van der Waals surface area contributed by atoms with Crippen LogP contribution in [0, 0.1) is 6.92 Å². The van der Waals surface area contributed by atoms with Crippen LogP contribution in [0.15, 0.2) is 34.1 Å². The van der Waals surface area contributed by atoms with Gasteiger partial charge < -0.3 is 11.1 Å². The number of aryl methyl sites for hydroxylation is 1. The molecule has 0 spiro atoms. The molecule has 0 aliphatic rings. The molecule has 1 aromatic heterocycles. The van der Waals surface area contributed by atoms with Gasteiger partial charge in [-0.3, -0.25) is 4.79 Å². The molecule has 3 N–H and O–H groups in total. The maximum atomic E-state index is 11.9. The van der Waals surface area contributed by atoms with Crippen molar-refractivity contribution in [3.63, 3.8) is 0 Å². The number of hydrogen-bond acceptors (Lipinski definition) is 3. The topological polar surface area (TPSA) is 55.1 Å². The number of nitrogens with two attached hydrogens (primary N) is 1. The van der Waals surface area contributed by atoms with Crippen LogP contribution in [0.3, 0.4) is 0 Å². The van der Waals surface area contributed by atoms with Gasteiger partial charge in [0.2, 0.25) is 0 Å². The van der Waals surface area contributed by atoms with Gasteiger partial charge in [0.05, 0.1) is 8.66 Å². The minimum Gasteiger partial charge on any atom is -0.399 e. The number of rotatable bonds is 2. The number of nitrogen functional groups attached to an aromatic ring is 1. The molecule has 1 heterocycles. The van der Waals surface area contributed by atoms with E-state index in [1.165, 1.54) is 11.3 Å². The lowest BCUT2D eigenvalue weighted by Gasteiger charge is -2.08. The van der Waals surface area contributed by atoms with Crippen molar-refractivity contribution in [1.82, 2.24) is 0 Å². The SMILES string of the molecule is Cc1ccc(N)cc1NC(=O)c1ccc(Br)s1. The summed E-state index contributed by atoms with van der Waals surface area (Å²) >= 11 is 4.73. The van der Waals surface area contributed by atoms with Crippen LogP contribution in [-0.4, -0.2) is 5.91 Å². The van der Waals surface area contributed by atoms with Crippen LogP contribution in [0.1, 0.15) is 15.2 Å². The number of carbonyl (C=O) groups is 1. The van der Waals surface area contributed by atoms with Crippen molar-refractivity contribution in [1.29, 1.82) is 0 Å². The first-order chi connectivity index (χ1) is 8.06. The second-order valence-corrected chi connectivity index (χ2v) is 6.10. The number of nitrogens with one attached hydrogen (secondary N) is 1. The highest BCUT2D eigenvalue weighted by atomic mass is 79.9. The molecule has 88 valence electrons. The van der Waals surface area contributed by atoms with Crippen molar-refractivity contribution in [2.24, 2.45) is 0 Å². The molecule has 0 atom stereocenters. The number of thiophene rings is 1. The number of benzene rings is 1. The third-order valence-electron chi connectivity index (χ3n) is 2.31. The molecular formula is C12H11BrN2OS. The Morgan fingerprint density at radius 1 is 1.35 bits per heavy atom. The minimum absolute atomic E-state index is 0.116. The van der Waals surface area contributed by atoms with Crippen LogP contribution < -0.4 is 11.1 Å². The van der Waals surface area contributed by atoms with Gasteiger partial charge in [-0.05, 0) is 52.7 Å². The minimum atomic E-state index is -0.116. The Morgan fingerprint density at radius 2 is 2.12 bits per heavy atom. The Morgan fingerprint density at radius 3 is 2.76 bits per heavy atom. The predicted octanol–water partition coefficient (Wildman–Crippen LogP) is 3.65. The second kappa shape index (κ2) is 4.89. The predicted molar refractivity (Wildman–Crippen MR) is 75.6 cm³/mol. The standard InChI is InChI=1S/C12H11BrN2OS/c1-7-2-3-8(14)6-9(7)15-12(16)10-4-5-11(13)17-10/h2-6H,14H2,1H3,(H,15,16). The summed E-state index contributed by atoms with van der Waals surface area (Å²) in [5.41, 5.74) is 8.07. The molecule has 1 amide bonds. The van der Waals surface area contributed by atoms with Crippen LogP contribution in [-0.2, 0) is 0 Å². The van der Waals surface area contributed by atoms with Gasteiger partial charge >= 0.3 is 0 Å². The van der Waals surface area contributed by atoms with Gasteiger partial charge in [-0.25, -0.2) is 0 Å². The fraction of sp³-hybridized carbons (Fsp3) is 0.0833. The molecule has 0 bridgehead atoms. The number of hydrogen-bond donors (Lipinski definition) is 2. The van der Waals surface area contributed by atoms with Crippen LogP contribution in [0.2, 0.25) is 0 Å². The van der Waals surface area contributed by atoms with E-state index in [1.54, 1.807) is 12.1 Å². The lowest BCUT2D eigenvalue weighted by molar-refractivity contribution is 0.103. The zero-order valence-corrected chi connectivity index (χ0v) is 11.6. The van der Waals surface area contributed by atoms with E-state index in [9.17, 15) is 4.79 Å². The maximum absolute atomic E-state index is 11.9. The molecular weight excluding hydrogens is 300 g/mol. The van der Waals surface area contributed by atoms with E-state index in [-0.39, 0.29) is 5.91 Å². The monoisotopic (exact) mass is 310 g/mol. The van der Waals surface area contributed by atoms with Crippen LogP contribution >= 0.6 is 27.3 Å². The Labute approximate surface area is 112 Å². The molecule has 1 aromatic carbocycles. The molecule has 0 unspecified atom stereocenters. The zero-order chi connectivity index (χ0) is 12.4. The molecule has 3 nitrogen and oxygen atoms in total. The lowest BCUT2D eigenvalue weighted by Crippen LogP contribution is -2.11. The van der Waals surface area contributed by atoms with E-state index in [0.717, 1.165) is 15.0 Å². The fourth-order valence-electron chi connectivity index (χ4n) is 1.39. The molecule has 0 aliphatic carbocycles. The summed E-state index contributed by atoms with van der Waals surface area (Å²) in [5.74, 6) is -0.116. The van der Waals surface area contributed by atoms with E-state index in [0.29, 0.717) is 10.6 Å². The fourth-order valence-corrected chi connectivity index (χ4v) is 2.68. The lowest BCUT2D eigenvalue weighted by atomic mass is 10.2. The van der Waals surface area contributed by atoms with E-state index in [1.807, 2.05) is 25.1 Å². The van der Waals surface area contributed by atoms with E-state index < -0.39 is 0 Å². The Hall–Kier alpha value is -1.33. The molecule has 2 rings (SSSR count). The first-order valence-electron chi connectivity index (χ1n) is 4.99. The average molecular weight is 311 g/mol. The first kappa shape index (κ1) is 12.1. The van der Waals surface area contributed by atoms with Crippen molar-refractivity contribution < 1.29 is 4.79 Å². The summed E-state index contributed by atoms with van der Waals surface area (Å²) in [6.45, 7) is 1.93. The number of halogens is 1. The maximum Gasteiger partial charge on any atom is 0.265 e. The van der Waals surface area contributed by atoms with Crippen molar-refractivity contribution in [3.05, 3.63) is 44.6 Å². The quantitative estimate of drug-likeness (QED) is 0.832. The van der Waals surface area contributed by atoms with E-state index in [2.05, 4.69) is 21.2 Å². The molecule has 0 fully saturated rings. The van der Waals surface area contributed by atoms with E-state index >= 15 is 0 Å². The van der Waals surface area contributed by atoms with Crippen molar-refractivity contribution in [3.8, 4) is 0 Å². The highest BCUT2D eigenvalue weighted by molar-refractivity contribution is 9.11. The van der Waals surface area contributed by atoms with Gasteiger partial charge in [0.25, 0.3) is 5.91 Å². The van der Waals surface area contributed by atoms with Gasteiger partial charge in [-0.2, -0.15) is 0 Å². The number of carbonyl (C=O) groups excluding carboxylic acids is 1. The summed E-state index contributed by atoms with van der Waals surface area (Å²) in [7, 11) is 0. The van der Waals surface area contributed by atoms with Gasteiger partial charge in [-0.15, -0.1) is 11.3 Å². The molecule has 0 radical (unpaired) electrons. The van der Waals surface area contributed by atoms with Crippen molar-refractivity contribution in [2.45, 2.75) is 6.92 Å². The Balaban J connectivity index is 2.21. The third-order valence-corrected chi connectivity index (χ3v) is 3.93. The highest BCUT2D eigenvalue weighted by Gasteiger charge is 2.10. The van der Waals surface area contributed by atoms with Gasteiger partial charge in [0.15, 0.2) is 0 Å². The highest BCUT2D eigenvalue weighted by Crippen LogP contribution is 2.24. The van der Waals surface area contributed by atoms with Gasteiger partial charge in [-0.1, -0.05) is 6.07 Å². The van der Waals surface area contributed by atoms with Crippen LogP contribution in [0.4, 0.5) is 11.4 Å². The van der Waals surface area contributed by atoms with Crippen molar-refractivity contribution in [2.75, 3.05) is 11.1 Å². The average Bonchev–Trinajstić information content (AvgIpc) is 2.70. The zero-order valence-electron chi connectivity index (χ0n) is 9.16. The molecule has 17 heavy (non-hydrogen) atoms. The molecule has 5 heteroatoms. The number of amides is 1. The summed E-state index contributed by atoms with van der Waals surface area (Å²) in [4.78, 5) is 12.6. The largest absolute Gasteiger partial charge is 0.399 e. The van der Waals surface area contributed by atoms with Crippen LogP contribution in [0.25, 0.3) is 0 Å². The first-order valence-corrected chi connectivity index (χ1v) is 6.60. The van der Waals surface area contributed by atoms with Crippen molar-refractivity contribution >= 4 is 44.5 Å².